The molecule has 0 heterocycles. The minimum absolute atomic E-state index is 0.268. The Bertz CT molecular complexity index is 180. The summed E-state index contributed by atoms with van der Waals surface area (Å²) < 4.78 is 0. The van der Waals surface area contributed by atoms with Crippen LogP contribution >= 0.6 is 11.8 Å². The molecule has 0 spiro atoms. The molecule has 0 aliphatic carbocycles. The van der Waals surface area contributed by atoms with Crippen molar-refractivity contribution in [2.24, 2.45) is 10.7 Å². The zero-order chi connectivity index (χ0) is 11.1. The first-order chi connectivity index (χ1) is 6.52. The maximum Gasteiger partial charge on any atom is 0.191 e. The van der Waals surface area contributed by atoms with Crippen LogP contribution in [0.15, 0.2) is 4.99 Å². The zero-order valence-electron chi connectivity index (χ0n) is 9.95. The summed E-state index contributed by atoms with van der Waals surface area (Å²) in [7, 11) is 2.02. The lowest BCUT2D eigenvalue weighted by molar-refractivity contribution is 0.380. The van der Waals surface area contributed by atoms with Gasteiger partial charge in [-0.1, -0.05) is 6.92 Å². The summed E-state index contributed by atoms with van der Waals surface area (Å²) in [6.07, 6.45) is 3.22. The molecule has 0 aliphatic heterocycles. The van der Waals surface area contributed by atoms with E-state index in [4.69, 9.17) is 5.73 Å². The Morgan fingerprint density at radius 3 is 2.43 bits per heavy atom. The molecule has 0 bridgehead atoms. The van der Waals surface area contributed by atoms with Gasteiger partial charge in [0.1, 0.15) is 0 Å². The summed E-state index contributed by atoms with van der Waals surface area (Å²) in [6, 6.07) is 0.761. The third-order valence-electron chi connectivity index (χ3n) is 2.13. The van der Waals surface area contributed by atoms with Crippen LogP contribution in [0.25, 0.3) is 0 Å². The molecule has 0 saturated heterocycles. The van der Waals surface area contributed by atoms with Gasteiger partial charge in [0.05, 0.1) is 0 Å². The van der Waals surface area contributed by atoms with Crippen LogP contribution in [0.5, 0.6) is 0 Å². The van der Waals surface area contributed by atoms with Gasteiger partial charge in [-0.2, -0.15) is 11.8 Å². The topological polar surface area (TPSA) is 41.6 Å². The lowest BCUT2D eigenvalue weighted by Gasteiger charge is -2.27. The molecule has 0 radical (unpaired) electrons. The molecule has 14 heavy (non-hydrogen) atoms. The molecule has 1 atom stereocenters. The number of hydrogen-bond donors (Lipinski definition) is 1. The number of nitrogens with zero attached hydrogens (tertiary/aromatic N) is 2. The third-order valence-corrected chi connectivity index (χ3v) is 2.85. The van der Waals surface area contributed by atoms with Gasteiger partial charge in [0.15, 0.2) is 5.96 Å². The highest BCUT2D eigenvalue weighted by atomic mass is 32.2. The quantitative estimate of drug-likeness (QED) is 0.564. The molecular formula is C10H23N3S. The Morgan fingerprint density at radius 1 is 1.50 bits per heavy atom. The Morgan fingerprint density at radius 2 is 2.07 bits per heavy atom. The number of nitrogens with two attached hydrogens (primary N) is 1. The highest BCUT2D eigenvalue weighted by molar-refractivity contribution is 7.98. The molecule has 0 aliphatic rings. The fraction of sp³-hybridized carbons (Fsp3) is 0.900. The van der Waals surface area contributed by atoms with Gasteiger partial charge in [0, 0.05) is 24.9 Å². The second-order valence-corrected chi connectivity index (χ2v) is 4.62. The van der Waals surface area contributed by atoms with Crippen molar-refractivity contribution in [2.45, 2.75) is 39.3 Å². The van der Waals surface area contributed by atoms with E-state index in [-0.39, 0.29) is 6.04 Å². The van der Waals surface area contributed by atoms with Crippen LogP contribution in [0.2, 0.25) is 0 Å². The Labute approximate surface area is 92.1 Å². The van der Waals surface area contributed by atoms with Crippen LogP contribution in [0, 0.1) is 0 Å². The lowest BCUT2D eigenvalue weighted by atomic mass is 10.2. The number of hydrogen-bond acceptors (Lipinski definition) is 2. The van der Waals surface area contributed by atoms with E-state index in [0.717, 1.165) is 12.2 Å². The Balaban J connectivity index is 4.33. The van der Waals surface area contributed by atoms with Gasteiger partial charge in [-0.3, -0.25) is 4.99 Å². The van der Waals surface area contributed by atoms with Crippen LogP contribution < -0.4 is 5.73 Å². The smallest absolute Gasteiger partial charge is 0.191 e. The Kier molecular flexibility index (Phi) is 6.79. The first kappa shape index (κ1) is 13.6. The minimum Gasteiger partial charge on any atom is -0.370 e. The van der Waals surface area contributed by atoms with E-state index in [2.05, 4.69) is 23.1 Å². The number of rotatable bonds is 5. The predicted octanol–water partition coefficient (Wildman–Crippen LogP) is 1.78. The largest absolute Gasteiger partial charge is 0.370 e. The van der Waals surface area contributed by atoms with E-state index in [9.17, 15) is 0 Å². The molecule has 0 aromatic heterocycles. The molecule has 0 rings (SSSR count). The number of aliphatic imine (C=N–C) groups is 1. The van der Waals surface area contributed by atoms with Crippen molar-refractivity contribution in [3.05, 3.63) is 0 Å². The van der Waals surface area contributed by atoms with E-state index in [1.165, 1.54) is 0 Å². The number of guanidine groups is 1. The normalized spacial score (nSPS) is 14.6. The first-order valence-electron chi connectivity index (χ1n) is 5.07. The fourth-order valence-electron chi connectivity index (χ4n) is 1.24. The maximum absolute atomic E-state index is 5.89. The molecule has 0 fully saturated rings. The van der Waals surface area contributed by atoms with Crippen molar-refractivity contribution >= 4 is 17.7 Å². The maximum atomic E-state index is 5.89. The van der Waals surface area contributed by atoms with Crippen LogP contribution in [0.1, 0.15) is 27.2 Å². The third kappa shape index (κ3) is 4.74. The van der Waals surface area contributed by atoms with Crippen molar-refractivity contribution in [3.63, 3.8) is 0 Å². The Hall–Kier alpha value is -0.380. The van der Waals surface area contributed by atoms with E-state index >= 15 is 0 Å². The summed E-state index contributed by atoms with van der Waals surface area (Å²) in [4.78, 5) is 6.42. The zero-order valence-corrected chi connectivity index (χ0v) is 10.8. The van der Waals surface area contributed by atoms with Crippen LogP contribution in [0.4, 0.5) is 0 Å². The van der Waals surface area contributed by atoms with Crippen molar-refractivity contribution in [2.75, 3.05) is 19.1 Å². The van der Waals surface area contributed by atoms with Gasteiger partial charge >= 0.3 is 0 Å². The first-order valence-corrected chi connectivity index (χ1v) is 6.47. The average molecular weight is 217 g/mol. The van der Waals surface area contributed by atoms with E-state index < -0.39 is 0 Å². The lowest BCUT2D eigenvalue weighted by Crippen LogP contribution is -2.43. The standard InChI is InChI=1S/C10H23N3S/c1-6-9(7-14-5)13(4)10(11)12-8(2)3/h8-9H,6-7H2,1-5H3,(H2,11,12). The summed E-state index contributed by atoms with van der Waals surface area (Å²) in [5, 5.41) is 0. The van der Waals surface area contributed by atoms with E-state index in [1.807, 2.05) is 32.7 Å². The van der Waals surface area contributed by atoms with Crippen LogP contribution in [-0.4, -0.2) is 42.0 Å². The molecular weight excluding hydrogens is 194 g/mol. The molecule has 4 heteroatoms. The predicted molar refractivity (Wildman–Crippen MR) is 67.0 cm³/mol. The number of thioether (sulfide) groups is 1. The molecule has 0 aromatic rings. The van der Waals surface area contributed by atoms with Gasteiger partial charge < -0.3 is 10.6 Å². The molecule has 3 nitrogen and oxygen atoms in total. The van der Waals surface area contributed by atoms with Crippen LogP contribution in [-0.2, 0) is 0 Å². The monoisotopic (exact) mass is 217 g/mol. The second-order valence-electron chi connectivity index (χ2n) is 3.71. The highest BCUT2D eigenvalue weighted by Gasteiger charge is 2.13. The van der Waals surface area contributed by atoms with Gasteiger partial charge in [-0.15, -0.1) is 0 Å². The molecule has 0 amide bonds. The summed E-state index contributed by atoms with van der Waals surface area (Å²) in [6.45, 7) is 6.26. The molecule has 2 N–H and O–H groups in total. The van der Waals surface area contributed by atoms with Crippen molar-refractivity contribution in [1.82, 2.24) is 4.90 Å². The summed E-state index contributed by atoms with van der Waals surface area (Å²) >= 11 is 1.85. The van der Waals surface area contributed by atoms with Crippen molar-refractivity contribution in [3.8, 4) is 0 Å². The van der Waals surface area contributed by atoms with E-state index in [0.29, 0.717) is 12.0 Å². The highest BCUT2D eigenvalue weighted by Crippen LogP contribution is 2.08. The molecule has 1 unspecified atom stereocenters. The average Bonchev–Trinajstić information content (AvgIpc) is 2.12. The second kappa shape index (κ2) is 6.98. The van der Waals surface area contributed by atoms with Crippen molar-refractivity contribution < 1.29 is 0 Å². The molecule has 0 saturated carbocycles. The van der Waals surface area contributed by atoms with Gasteiger partial charge in [0.25, 0.3) is 0 Å². The molecule has 84 valence electrons. The fourth-order valence-corrected chi connectivity index (χ4v) is 2.08. The van der Waals surface area contributed by atoms with E-state index in [1.54, 1.807) is 0 Å². The molecule has 0 aromatic carbocycles. The SMILES string of the molecule is CCC(CSC)N(C)C(N)=NC(C)C. The summed E-state index contributed by atoms with van der Waals surface area (Å²) in [5.41, 5.74) is 5.89. The van der Waals surface area contributed by atoms with Gasteiger partial charge in [-0.25, -0.2) is 0 Å². The van der Waals surface area contributed by atoms with Crippen molar-refractivity contribution in [1.29, 1.82) is 0 Å². The van der Waals surface area contributed by atoms with Gasteiger partial charge in [0.2, 0.25) is 0 Å². The summed E-state index contributed by atoms with van der Waals surface area (Å²) in [5.74, 6) is 1.75. The minimum atomic E-state index is 0.268. The van der Waals surface area contributed by atoms with Gasteiger partial charge in [-0.05, 0) is 26.5 Å². The van der Waals surface area contributed by atoms with Crippen LogP contribution in [0.3, 0.4) is 0 Å².